The molecular formula is C38H50N3OSi+. The molecule has 1 saturated carbocycles. The molecule has 5 rings (SSSR count). The van der Waals surface area contributed by atoms with Gasteiger partial charge in [0.1, 0.15) is 5.76 Å². The number of benzene rings is 1. The summed E-state index contributed by atoms with van der Waals surface area (Å²) in [7, 11) is 0.193. The van der Waals surface area contributed by atoms with Gasteiger partial charge in [-0.3, -0.25) is 4.99 Å². The van der Waals surface area contributed by atoms with Gasteiger partial charge < -0.3 is 10.1 Å². The minimum Gasteiger partial charge on any atom is -0.442 e. The Balaban J connectivity index is 1.57. The predicted molar refractivity (Wildman–Crippen MR) is 184 cm³/mol. The van der Waals surface area contributed by atoms with E-state index in [4.69, 9.17) is 4.74 Å². The van der Waals surface area contributed by atoms with Gasteiger partial charge in [-0.15, -0.1) is 0 Å². The second kappa shape index (κ2) is 13.0. The normalized spacial score (nSPS) is 21.3. The first-order chi connectivity index (χ1) is 20.7. The van der Waals surface area contributed by atoms with E-state index >= 15 is 0 Å². The van der Waals surface area contributed by atoms with E-state index in [9.17, 15) is 0 Å². The zero-order chi connectivity index (χ0) is 30.7. The predicted octanol–water partition coefficient (Wildman–Crippen LogP) is 8.07. The molecule has 2 aliphatic heterocycles. The number of allylic oxidation sites excluding steroid dienone is 3. The van der Waals surface area contributed by atoms with Crippen molar-refractivity contribution in [3.8, 4) is 11.3 Å². The van der Waals surface area contributed by atoms with Crippen LogP contribution in [0.5, 0.6) is 0 Å². The fourth-order valence-electron chi connectivity index (χ4n) is 7.55. The van der Waals surface area contributed by atoms with Crippen LogP contribution in [0.4, 0.5) is 0 Å². The topological polar surface area (TPSA) is 37.5 Å². The highest BCUT2D eigenvalue weighted by molar-refractivity contribution is 6.89. The van der Waals surface area contributed by atoms with Gasteiger partial charge in [0.25, 0.3) is 0 Å². The van der Waals surface area contributed by atoms with Gasteiger partial charge in [0.2, 0.25) is 5.69 Å². The van der Waals surface area contributed by atoms with E-state index in [1.165, 1.54) is 60.9 Å². The van der Waals surface area contributed by atoms with E-state index in [1.807, 2.05) is 0 Å². The van der Waals surface area contributed by atoms with E-state index in [-0.39, 0.29) is 12.0 Å². The van der Waals surface area contributed by atoms with Crippen LogP contribution in [-0.4, -0.2) is 27.4 Å². The Hall–Kier alpha value is -3.44. The Morgan fingerprint density at radius 3 is 2.53 bits per heavy atom. The number of rotatable bonds is 9. The van der Waals surface area contributed by atoms with E-state index < -0.39 is 8.07 Å². The molecular weight excluding hydrogens is 543 g/mol. The van der Waals surface area contributed by atoms with Crippen LogP contribution in [0, 0.1) is 5.92 Å². The SMILES string of the molecule is C=C/C(=N/C)C1=C(CCC2c3ccccc3-c3cc(CC4CCCCC4)c([Si](C)(C)C)c[n+]3C2C=C)CNC(=C)OC1=C. The number of nitrogens with zero attached hydrogens (tertiary/aromatic N) is 2. The largest absolute Gasteiger partial charge is 0.442 e. The van der Waals surface area contributed by atoms with Gasteiger partial charge in [-0.25, -0.2) is 0 Å². The second-order valence-corrected chi connectivity index (χ2v) is 18.6. The first-order valence-corrected chi connectivity index (χ1v) is 19.6. The van der Waals surface area contributed by atoms with Gasteiger partial charge in [0.05, 0.1) is 19.7 Å². The van der Waals surface area contributed by atoms with Crippen molar-refractivity contribution >= 4 is 19.0 Å². The lowest BCUT2D eigenvalue weighted by atomic mass is 9.78. The van der Waals surface area contributed by atoms with Crippen LogP contribution in [0.1, 0.15) is 68.0 Å². The zero-order valence-electron chi connectivity index (χ0n) is 26.8. The molecule has 1 aromatic heterocycles. The number of hydrogen-bond donors (Lipinski definition) is 1. The number of pyridine rings is 1. The summed E-state index contributed by atoms with van der Waals surface area (Å²) in [6, 6.07) is 11.8. The average Bonchev–Trinajstić information content (AvgIpc) is 3.13. The molecule has 3 heterocycles. The second-order valence-electron chi connectivity index (χ2n) is 13.5. The number of hydrogen-bond acceptors (Lipinski definition) is 3. The lowest BCUT2D eigenvalue weighted by molar-refractivity contribution is -0.706. The van der Waals surface area contributed by atoms with Crippen molar-refractivity contribution in [1.29, 1.82) is 0 Å². The molecule has 43 heavy (non-hydrogen) atoms. The van der Waals surface area contributed by atoms with Crippen molar-refractivity contribution in [3.05, 3.63) is 109 Å². The monoisotopic (exact) mass is 592 g/mol. The van der Waals surface area contributed by atoms with Gasteiger partial charge in [0.15, 0.2) is 18.1 Å². The van der Waals surface area contributed by atoms with Crippen LogP contribution in [0.15, 0.2) is 103 Å². The molecule has 2 unspecified atom stereocenters. The van der Waals surface area contributed by atoms with E-state index in [0.29, 0.717) is 18.2 Å². The number of aromatic nitrogens is 1. The van der Waals surface area contributed by atoms with Gasteiger partial charge in [-0.1, -0.05) is 89.7 Å². The summed E-state index contributed by atoms with van der Waals surface area (Å²) in [6.45, 7) is 24.8. The van der Waals surface area contributed by atoms with Crippen molar-refractivity contribution < 1.29 is 9.30 Å². The maximum atomic E-state index is 5.88. The van der Waals surface area contributed by atoms with Crippen molar-refractivity contribution in [1.82, 2.24) is 5.32 Å². The number of fused-ring (bicyclic) bond motifs is 3. The van der Waals surface area contributed by atoms with Crippen molar-refractivity contribution in [2.75, 3.05) is 13.6 Å². The Bertz CT molecular complexity index is 1480. The number of aliphatic imine (C=N–C) groups is 1. The highest BCUT2D eigenvalue weighted by Gasteiger charge is 2.40. The van der Waals surface area contributed by atoms with Crippen LogP contribution >= 0.6 is 0 Å². The molecule has 226 valence electrons. The van der Waals surface area contributed by atoms with Crippen molar-refractivity contribution in [3.63, 3.8) is 0 Å². The Kier molecular flexibility index (Phi) is 9.41. The molecule has 2 aromatic rings. The van der Waals surface area contributed by atoms with Crippen LogP contribution in [0.3, 0.4) is 0 Å². The molecule has 1 fully saturated rings. The number of nitrogens with one attached hydrogen (secondary N) is 1. The van der Waals surface area contributed by atoms with Gasteiger partial charge in [-0.2, -0.15) is 4.57 Å². The third-order valence-electron chi connectivity index (χ3n) is 9.68. The summed E-state index contributed by atoms with van der Waals surface area (Å²) in [5, 5.41) is 4.93. The summed E-state index contributed by atoms with van der Waals surface area (Å²) in [5.41, 5.74) is 8.64. The molecule has 3 aliphatic rings. The maximum Gasteiger partial charge on any atom is 0.213 e. The molecule has 1 N–H and O–H groups in total. The summed E-state index contributed by atoms with van der Waals surface area (Å²) >= 11 is 0. The highest BCUT2D eigenvalue weighted by atomic mass is 28.3. The maximum absolute atomic E-state index is 5.88. The smallest absolute Gasteiger partial charge is 0.213 e. The zero-order valence-corrected chi connectivity index (χ0v) is 27.8. The fraction of sp³-hybridized carbons (Fsp3) is 0.421. The van der Waals surface area contributed by atoms with Gasteiger partial charge in [-0.05, 0) is 66.7 Å². The molecule has 1 aromatic carbocycles. The summed E-state index contributed by atoms with van der Waals surface area (Å²) < 4.78 is 8.44. The van der Waals surface area contributed by atoms with E-state index in [0.717, 1.165) is 30.0 Å². The molecule has 5 heteroatoms. The standard InChI is InChI=1S/C38H50N3OSi/c1-9-34(39-5)38-26(3)42-27(4)40-24-29(38)20-21-33-31-18-14-15-19-32(31)36-23-30(22-28-16-12-11-13-17-28)37(43(6,7)8)25-41(36)35(33)10-2/h9-10,14-15,18-19,23,25,28,33,35,40H,1-4,11-13,16-17,20-22,24H2,5-8H3/q+1/b39-34-. The summed E-state index contributed by atoms with van der Waals surface area (Å²) in [5.74, 6) is 2.17. The fourth-order valence-corrected chi connectivity index (χ4v) is 9.22. The van der Waals surface area contributed by atoms with Gasteiger partial charge in [0, 0.05) is 36.0 Å². The Labute approximate surface area is 260 Å². The molecule has 0 saturated heterocycles. The van der Waals surface area contributed by atoms with E-state index in [2.05, 4.69) is 103 Å². The van der Waals surface area contributed by atoms with E-state index in [1.54, 1.807) is 23.9 Å². The van der Waals surface area contributed by atoms with Gasteiger partial charge >= 0.3 is 0 Å². The van der Waals surface area contributed by atoms with Crippen LogP contribution in [0.25, 0.3) is 11.3 Å². The highest BCUT2D eigenvalue weighted by Crippen LogP contribution is 2.42. The lowest BCUT2D eigenvalue weighted by Crippen LogP contribution is -2.53. The molecule has 2 atom stereocenters. The van der Waals surface area contributed by atoms with Crippen LogP contribution in [0.2, 0.25) is 19.6 Å². The summed E-state index contributed by atoms with van der Waals surface area (Å²) in [6.07, 6.45) is 16.4. The van der Waals surface area contributed by atoms with Crippen molar-refractivity contribution in [2.45, 2.75) is 83.0 Å². The minimum absolute atomic E-state index is 0.166. The first-order valence-electron chi connectivity index (χ1n) is 16.1. The van der Waals surface area contributed by atoms with Crippen LogP contribution < -0.4 is 15.1 Å². The molecule has 0 bridgehead atoms. The number of ether oxygens (including phenoxy) is 1. The molecule has 1 aliphatic carbocycles. The Morgan fingerprint density at radius 2 is 1.86 bits per heavy atom. The average molecular weight is 593 g/mol. The minimum atomic E-state index is -1.60. The van der Waals surface area contributed by atoms with Crippen LogP contribution in [-0.2, 0) is 11.2 Å². The first kappa shape index (κ1) is 31.0. The summed E-state index contributed by atoms with van der Waals surface area (Å²) in [4.78, 5) is 4.50. The molecule has 0 radical (unpaired) electrons. The quantitative estimate of drug-likeness (QED) is 0.138. The Morgan fingerprint density at radius 1 is 1.12 bits per heavy atom. The molecule has 0 spiro atoms. The lowest BCUT2D eigenvalue weighted by Gasteiger charge is -2.32. The van der Waals surface area contributed by atoms with Crippen molar-refractivity contribution in [2.24, 2.45) is 10.9 Å². The third-order valence-corrected chi connectivity index (χ3v) is 11.7. The third kappa shape index (κ3) is 6.42. The molecule has 4 nitrogen and oxygen atoms in total. The molecule has 0 amide bonds.